The van der Waals surface area contributed by atoms with E-state index >= 15 is 0 Å². The summed E-state index contributed by atoms with van der Waals surface area (Å²) in [6, 6.07) is 0. The van der Waals surface area contributed by atoms with Gasteiger partial charge in [0.2, 0.25) is 0 Å². The maximum Gasteiger partial charge on any atom is 0.0209 e. The normalized spacial score (nSPS) is 21.2. The predicted octanol–water partition coefficient (Wildman–Crippen LogP) is 4.94. The van der Waals surface area contributed by atoms with Crippen LogP contribution in [0.1, 0.15) is 27.2 Å². The molecule has 1 N–H and O–H groups in total. The van der Waals surface area contributed by atoms with Crippen molar-refractivity contribution in [2.45, 2.75) is 27.2 Å². The van der Waals surface area contributed by atoms with Crippen molar-refractivity contribution in [3.63, 3.8) is 0 Å². The molecule has 2 atom stereocenters. The molecule has 20 heavy (non-hydrogen) atoms. The van der Waals surface area contributed by atoms with Crippen LogP contribution in [0.15, 0.2) is 72.5 Å². The largest absolute Gasteiger partial charge is 0.388 e. The second-order valence-corrected chi connectivity index (χ2v) is 5.34. The lowest BCUT2D eigenvalue weighted by molar-refractivity contribution is 0.628. The van der Waals surface area contributed by atoms with Crippen LogP contribution >= 0.6 is 0 Å². The molecular weight excluding hydrogens is 242 g/mol. The van der Waals surface area contributed by atoms with Crippen LogP contribution in [0.3, 0.4) is 0 Å². The fraction of sp³-hybridized carbons (Fsp3) is 0.368. The van der Waals surface area contributed by atoms with Crippen molar-refractivity contribution < 1.29 is 0 Å². The second kappa shape index (κ2) is 9.19. The van der Waals surface area contributed by atoms with Gasteiger partial charge in [-0.15, -0.1) is 0 Å². The number of hydrogen-bond donors (Lipinski definition) is 1. The molecule has 0 aliphatic heterocycles. The first-order valence-electron chi connectivity index (χ1n) is 7.38. The molecule has 1 nitrogen and oxygen atoms in total. The summed E-state index contributed by atoms with van der Waals surface area (Å²) in [6.45, 7) is 11.2. The van der Waals surface area contributed by atoms with Gasteiger partial charge in [-0.25, -0.2) is 0 Å². The van der Waals surface area contributed by atoms with Crippen molar-refractivity contribution in [2.24, 2.45) is 11.8 Å². The molecule has 1 aliphatic carbocycles. The zero-order valence-electron chi connectivity index (χ0n) is 13.0. The molecule has 0 heterocycles. The Bertz CT molecular complexity index is 446. The Morgan fingerprint density at radius 3 is 3.00 bits per heavy atom. The Morgan fingerprint density at radius 2 is 2.25 bits per heavy atom. The van der Waals surface area contributed by atoms with Gasteiger partial charge in [0, 0.05) is 12.2 Å². The molecule has 1 aliphatic rings. The molecule has 108 valence electrons. The second-order valence-electron chi connectivity index (χ2n) is 5.34. The van der Waals surface area contributed by atoms with Crippen molar-refractivity contribution in [1.82, 2.24) is 5.32 Å². The van der Waals surface area contributed by atoms with Crippen LogP contribution in [-0.2, 0) is 0 Å². The SMILES string of the molecule is C=C/C=C\C=C(/C)NCC(C)C1=CCC=CC(C)C=C1. The standard InChI is InChI=1S/C19H27N/c1-5-6-7-11-18(4)20-15-17(3)19-12-9-8-10-16(2)13-14-19/h5-8,10-14,16-17,20H,1,9,15H2,2-4H3/b7-6-,10-8?,14-13?,18-11+,19-12?. The molecule has 0 bridgehead atoms. The first-order valence-corrected chi connectivity index (χ1v) is 7.38. The van der Waals surface area contributed by atoms with Crippen LogP contribution in [0.5, 0.6) is 0 Å². The molecule has 0 amide bonds. The van der Waals surface area contributed by atoms with Crippen LogP contribution in [0.2, 0.25) is 0 Å². The monoisotopic (exact) mass is 269 g/mol. The van der Waals surface area contributed by atoms with Gasteiger partial charge >= 0.3 is 0 Å². The van der Waals surface area contributed by atoms with Crippen molar-refractivity contribution >= 4 is 0 Å². The van der Waals surface area contributed by atoms with Crippen LogP contribution in [-0.4, -0.2) is 6.54 Å². The van der Waals surface area contributed by atoms with E-state index in [1.807, 2.05) is 12.2 Å². The molecule has 0 aromatic heterocycles. The Labute approximate surface area is 124 Å². The zero-order valence-corrected chi connectivity index (χ0v) is 13.0. The van der Waals surface area contributed by atoms with E-state index in [2.05, 4.69) is 69.1 Å². The molecule has 2 unspecified atom stereocenters. The molecular formula is C19H27N. The molecule has 0 aromatic carbocycles. The number of nitrogens with one attached hydrogen (secondary N) is 1. The Kier molecular flexibility index (Phi) is 7.49. The smallest absolute Gasteiger partial charge is 0.0209 e. The fourth-order valence-corrected chi connectivity index (χ4v) is 2.03. The van der Waals surface area contributed by atoms with Crippen LogP contribution < -0.4 is 5.32 Å². The molecule has 1 rings (SSSR count). The highest BCUT2D eigenvalue weighted by Gasteiger charge is 2.07. The molecule has 0 aromatic rings. The van der Waals surface area contributed by atoms with Gasteiger partial charge in [0.15, 0.2) is 0 Å². The van der Waals surface area contributed by atoms with Gasteiger partial charge in [0.1, 0.15) is 0 Å². The van der Waals surface area contributed by atoms with E-state index in [1.165, 1.54) is 11.3 Å². The lowest BCUT2D eigenvalue weighted by Crippen LogP contribution is -2.20. The summed E-state index contributed by atoms with van der Waals surface area (Å²) in [7, 11) is 0. The number of hydrogen-bond acceptors (Lipinski definition) is 1. The highest BCUT2D eigenvalue weighted by molar-refractivity contribution is 5.26. The average molecular weight is 269 g/mol. The van der Waals surface area contributed by atoms with E-state index in [4.69, 9.17) is 0 Å². The summed E-state index contributed by atoms with van der Waals surface area (Å²) in [5.41, 5.74) is 2.60. The van der Waals surface area contributed by atoms with Crippen molar-refractivity contribution in [2.75, 3.05) is 6.54 Å². The van der Waals surface area contributed by atoms with E-state index in [-0.39, 0.29) is 0 Å². The van der Waals surface area contributed by atoms with Crippen LogP contribution in [0, 0.1) is 11.8 Å². The number of rotatable bonds is 6. The van der Waals surface area contributed by atoms with Crippen molar-refractivity contribution in [3.8, 4) is 0 Å². The predicted molar refractivity (Wildman–Crippen MR) is 90.4 cm³/mol. The van der Waals surface area contributed by atoms with E-state index in [0.29, 0.717) is 11.8 Å². The third kappa shape index (κ3) is 6.42. The molecule has 0 radical (unpaired) electrons. The summed E-state index contributed by atoms with van der Waals surface area (Å²) >= 11 is 0. The van der Waals surface area contributed by atoms with Gasteiger partial charge in [-0.1, -0.05) is 69.0 Å². The molecule has 0 spiro atoms. The zero-order chi connectivity index (χ0) is 14.8. The van der Waals surface area contributed by atoms with E-state index in [0.717, 1.165) is 13.0 Å². The molecule has 0 saturated heterocycles. The topological polar surface area (TPSA) is 12.0 Å². The van der Waals surface area contributed by atoms with E-state index < -0.39 is 0 Å². The molecule has 0 saturated carbocycles. The van der Waals surface area contributed by atoms with Gasteiger partial charge in [0.05, 0.1) is 0 Å². The highest BCUT2D eigenvalue weighted by Crippen LogP contribution is 2.17. The molecule has 1 heteroatoms. The minimum absolute atomic E-state index is 0.511. The lowest BCUT2D eigenvalue weighted by Gasteiger charge is -2.16. The van der Waals surface area contributed by atoms with Gasteiger partial charge < -0.3 is 5.32 Å². The number of allylic oxidation sites excluding steroid dienone is 10. The summed E-state index contributed by atoms with van der Waals surface area (Å²) in [6.07, 6.45) is 20.2. The maximum atomic E-state index is 3.66. The van der Waals surface area contributed by atoms with Gasteiger partial charge in [-0.2, -0.15) is 0 Å². The van der Waals surface area contributed by atoms with Gasteiger partial charge in [-0.05, 0) is 36.8 Å². The Morgan fingerprint density at radius 1 is 1.45 bits per heavy atom. The Balaban J connectivity index is 2.53. The van der Waals surface area contributed by atoms with Gasteiger partial charge in [-0.3, -0.25) is 0 Å². The van der Waals surface area contributed by atoms with E-state index in [9.17, 15) is 0 Å². The summed E-state index contributed by atoms with van der Waals surface area (Å²) in [5, 5.41) is 3.47. The molecule has 0 fully saturated rings. The van der Waals surface area contributed by atoms with Gasteiger partial charge in [0.25, 0.3) is 0 Å². The average Bonchev–Trinajstić information content (AvgIpc) is 2.41. The first-order chi connectivity index (χ1) is 9.63. The minimum Gasteiger partial charge on any atom is -0.388 e. The quantitative estimate of drug-likeness (QED) is 0.532. The maximum absolute atomic E-state index is 3.66. The summed E-state index contributed by atoms with van der Waals surface area (Å²) in [4.78, 5) is 0. The summed E-state index contributed by atoms with van der Waals surface area (Å²) in [5.74, 6) is 1.04. The fourth-order valence-electron chi connectivity index (χ4n) is 2.03. The highest BCUT2D eigenvalue weighted by atomic mass is 14.9. The van der Waals surface area contributed by atoms with Crippen LogP contribution in [0.25, 0.3) is 0 Å². The van der Waals surface area contributed by atoms with Crippen LogP contribution in [0.4, 0.5) is 0 Å². The first kappa shape index (κ1) is 16.3. The van der Waals surface area contributed by atoms with Crippen molar-refractivity contribution in [3.05, 3.63) is 72.5 Å². The van der Waals surface area contributed by atoms with Crippen molar-refractivity contribution in [1.29, 1.82) is 0 Å². The minimum atomic E-state index is 0.511. The third-order valence-electron chi connectivity index (χ3n) is 3.37. The Hall–Kier alpha value is -1.76. The lowest BCUT2D eigenvalue weighted by atomic mass is 9.95. The van der Waals surface area contributed by atoms with E-state index in [1.54, 1.807) is 6.08 Å². The summed E-state index contributed by atoms with van der Waals surface area (Å²) < 4.78 is 0. The third-order valence-corrected chi connectivity index (χ3v) is 3.37.